The second-order valence-corrected chi connectivity index (χ2v) is 11.6. The molecule has 1 fully saturated rings. The molecule has 5 nitrogen and oxygen atoms in total. The summed E-state index contributed by atoms with van der Waals surface area (Å²) < 4.78 is 23.8. The molecule has 0 aromatic carbocycles. The van der Waals surface area contributed by atoms with Gasteiger partial charge in [-0.2, -0.15) is 0 Å². The molecule has 160 valence electrons. The largest absolute Gasteiger partial charge is 0.467 e. The number of hydrogen-bond donors (Lipinski definition) is 0. The van der Waals surface area contributed by atoms with Crippen molar-refractivity contribution >= 4 is 15.0 Å². The fourth-order valence-electron chi connectivity index (χ4n) is 3.64. The number of rotatable bonds is 11. The van der Waals surface area contributed by atoms with Crippen molar-refractivity contribution in [2.75, 3.05) is 7.11 Å². The number of hydrogen-bond acceptors (Lipinski definition) is 5. The Morgan fingerprint density at radius 1 is 1.11 bits per heavy atom. The first-order chi connectivity index (χ1) is 12.5. The lowest BCUT2D eigenvalue weighted by Crippen LogP contribution is -2.49. The zero-order valence-electron chi connectivity index (χ0n) is 18.8. The van der Waals surface area contributed by atoms with E-state index in [1.165, 1.54) is 32.8 Å². The Labute approximate surface area is 168 Å². The van der Waals surface area contributed by atoms with E-state index < -0.39 is 27.0 Å². The SMILES string of the molecule is CCCCCCCCC1(C)OC(C(=O)OC)C(C(O[SiH](C)C)C(C)(C)C)O1. The third-order valence-corrected chi connectivity index (χ3v) is 5.89. The fourth-order valence-corrected chi connectivity index (χ4v) is 4.79. The summed E-state index contributed by atoms with van der Waals surface area (Å²) in [7, 11) is 0.0778. The molecule has 0 aromatic heterocycles. The summed E-state index contributed by atoms with van der Waals surface area (Å²) in [4.78, 5) is 12.4. The standard InChI is InChI=1S/C21H42O5Si/c1-9-10-11-12-13-14-15-21(5)24-16(17(25-21)19(22)23-6)18(20(2,3)4)26-27(7)8/h16-18,27H,9-15H2,1-8H3. The summed E-state index contributed by atoms with van der Waals surface area (Å²) in [6.45, 7) is 14.8. The maximum Gasteiger partial charge on any atom is 0.337 e. The van der Waals surface area contributed by atoms with Gasteiger partial charge in [0.05, 0.1) is 13.2 Å². The average Bonchev–Trinajstić information content (AvgIpc) is 2.91. The highest BCUT2D eigenvalue weighted by Gasteiger charge is 2.53. The van der Waals surface area contributed by atoms with Gasteiger partial charge in [0.15, 0.2) is 20.9 Å². The predicted octanol–water partition coefficient (Wildman–Crippen LogP) is 4.82. The topological polar surface area (TPSA) is 54.0 Å². The molecule has 27 heavy (non-hydrogen) atoms. The maximum atomic E-state index is 12.4. The Balaban J connectivity index is 2.84. The van der Waals surface area contributed by atoms with Crippen LogP contribution in [0.3, 0.4) is 0 Å². The molecule has 1 saturated heterocycles. The minimum absolute atomic E-state index is 0.164. The van der Waals surface area contributed by atoms with Gasteiger partial charge in [0.25, 0.3) is 0 Å². The van der Waals surface area contributed by atoms with Crippen molar-refractivity contribution in [2.45, 2.75) is 117 Å². The molecule has 1 heterocycles. The van der Waals surface area contributed by atoms with Gasteiger partial charge in [0, 0.05) is 6.42 Å². The van der Waals surface area contributed by atoms with Crippen molar-refractivity contribution in [3.8, 4) is 0 Å². The van der Waals surface area contributed by atoms with Crippen molar-refractivity contribution < 1.29 is 23.4 Å². The number of unbranched alkanes of at least 4 members (excludes halogenated alkanes) is 5. The molecule has 0 saturated carbocycles. The molecule has 0 radical (unpaired) electrons. The Morgan fingerprint density at radius 2 is 1.70 bits per heavy atom. The normalized spacial score (nSPS) is 27.1. The molecule has 0 aliphatic carbocycles. The highest BCUT2D eigenvalue weighted by Crippen LogP contribution is 2.40. The Bertz CT molecular complexity index is 448. The lowest BCUT2D eigenvalue weighted by molar-refractivity contribution is -0.183. The van der Waals surface area contributed by atoms with Crippen LogP contribution >= 0.6 is 0 Å². The second-order valence-electron chi connectivity index (χ2n) is 9.27. The fraction of sp³-hybridized carbons (Fsp3) is 0.952. The van der Waals surface area contributed by atoms with Gasteiger partial charge in [-0.15, -0.1) is 0 Å². The first-order valence-corrected chi connectivity index (χ1v) is 13.4. The summed E-state index contributed by atoms with van der Waals surface area (Å²) in [5, 5.41) is 0. The Hall–Kier alpha value is -0.433. The zero-order valence-corrected chi connectivity index (χ0v) is 20.0. The lowest BCUT2D eigenvalue weighted by atomic mass is 9.84. The van der Waals surface area contributed by atoms with Crippen LogP contribution in [0.1, 0.15) is 79.6 Å². The van der Waals surface area contributed by atoms with Gasteiger partial charge in [0.2, 0.25) is 0 Å². The van der Waals surface area contributed by atoms with Gasteiger partial charge in [-0.05, 0) is 31.9 Å². The molecule has 1 aliphatic heterocycles. The van der Waals surface area contributed by atoms with Crippen LogP contribution in [0.5, 0.6) is 0 Å². The van der Waals surface area contributed by atoms with E-state index in [-0.39, 0.29) is 17.5 Å². The first kappa shape index (κ1) is 24.6. The molecular formula is C21H42O5Si. The molecule has 0 N–H and O–H groups in total. The molecule has 0 bridgehead atoms. The van der Waals surface area contributed by atoms with Gasteiger partial charge >= 0.3 is 5.97 Å². The summed E-state index contributed by atoms with van der Waals surface area (Å²) in [5.74, 6) is -1.14. The summed E-state index contributed by atoms with van der Waals surface area (Å²) in [6, 6.07) is 0. The number of methoxy groups -OCH3 is 1. The number of carbonyl (C=O) groups is 1. The van der Waals surface area contributed by atoms with Gasteiger partial charge in [-0.3, -0.25) is 0 Å². The van der Waals surface area contributed by atoms with Gasteiger partial charge < -0.3 is 18.6 Å². The van der Waals surface area contributed by atoms with Crippen molar-refractivity contribution in [2.24, 2.45) is 5.41 Å². The minimum Gasteiger partial charge on any atom is -0.467 e. The monoisotopic (exact) mass is 402 g/mol. The molecule has 4 atom stereocenters. The van der Waals surface area contributed by atoms with Crippen molar-refractivity contribution in [3.63, 3.8) is 0 Å². The Morgan fingerprint density at radius 3 is 2.22 bits per heavy atom. The smallest absolute Gasteiger partial charge is 0.337 e. The minimum atomic E-state index is -1.32. The van der Waals surface area contributed by atoms with Crippen molar-refractivity contribution in [1.29, 1.82) is 0 Å². The van der Waals surface area contributed by atoms with E-state index in [1.807, 2.05) is 6.92 Å². The van der Waals surface area contributed by atoms with E-state index >= 15 is 0 Å². The van der Waals surface area contributed by atoms with Gasteiger partial charge in [-0.1, -0.05) is 59.8 Å². The summed E-state index contributed by atoms with van der Waals surface area (Å²) in [5.41, 5.74) is -0.164. The number of ether oxygens (including phenoxy) is 3. The Kier molecular flexibility index (Phi) is 9.96. The number of esters is 1. The molecule has 6 heteroatoms. The van der Waals surface area contributed by atoms with Crippen LogP contribution in [0.4, 0.5) is 0 Å². The quantitative estimate of drug-likeness (QED) is 0.282. The van der Waals surface area contributed by atoms with E-state index in [1.54, 1.807) is 0 Å². The van der Waals surface area contributed by atoms with E-state index in [0.29, 0.717) is 0 Å². The molecule has 0 amide bonds. The summed E-state index contributed by atoms with van der Waals surface area (Å²) in [6.07, 6.45) is 6.63. The third kappa shape index (κ3) is 7.84. The molecule has 0 spiro atoms. The number of carbonyl (C=O) groups excluding carboxylic acids is 1. The van der Waals surface area contributed by atoms with E-state index in [2.05, 4.69) is 40.8 Å². The van der Waals surface area contributed by atoms with Crippen LogP contribution in [0.25, 0.3) is 0 Å². The van der Waals surface area contributed by atoms with Crippen LogP contribution < -0.4 is 0 Å². The van der Waals surface area contributed by atoms with E-state index in [9.17, 15) is 4.79 Å². The van der Waals surface area contributed by atoms with Gasteiger partial charge in [0.1, 0.15) is 6.10 Å². The lowest BCUT2D eigenvalue weighted by Gasteiger charge is -2.37. The van der Waals surface area contributed by atoms with Crippen LogP contribution in [0.2, 0.25) is 13.1 Å². The molecule has 4 unspecified atom stereocenters. The van der Waals surface area contributed by atoms with Crippen LogP contribution in [-0.2, 0) is 23.4 Å². The highest BCUT2D eigenvalue weighted by atomic mass is 28.3. The van der Waals surface area contributed by atoms with Crippen molar-refractivity contribution in [1.82, 2.24) is 0 Å². The van der Waals surface area contributed by atoms with Crippen LogP contribution in [0, 0.1) is 5.41 Å². The molecule has 1 aliphatic rings. The van der Waals surface area contributed by atoms with Gasteiger partial charge in [-0.25, -0.2) is 4.79 Å². The van der Waals surface area contributed by atoms with E-state index in [4.69, 9.17) is 18.6 Å². The highest BCUT2D eigenvalue weighted by molar-refractivity contribution is 6.48. The first-order valence-electron chi connectivity index (χ1n) is 10.6. The molecular weight excluding hydrogens is 360 g/mol. The van der Waals surface area contributed by atoms with Crippen molar-refractivity contribution in [3.05, 3.63) is 0 Å². The molecule has 1 rings (SSSR count). The maximum absolute atomic E-state index is 12.4. The third-order valence-electron chi connectivity index (χ3n) is 5.05. The second kappa shape index (κ2) is 10.9. The van der Waals surface area contributed by atoms with Crippen LogP contribution in [0.15, 0.2) is 0 Å². The molecule has 0 aromatic rings. The zero-order chi connectivity index (χ0) is 20.7. The predicted molar refractivity (Wildman–Crippen MR) is 111 cm³/mol. The summed E-state index contributed by atoms with van der Waals surface area (Å²) >= 11 is 0. The average molecular weight is 403 g/mol. The van der Waals surface area contributed by atoms with Crippen LogP contribution in [-0.4, -0.2) is 46.2 Å². The van der Waals surface area contributed by atoms with E-state index in [0.717, 1.165) is 19.3 Å².